The number of hydrogen-bond acceptors (Lipinski definition) is 7. The van der Waals surface area contributed by atoms with Crippen LogP contribution < -0.4 is 24.7 Å². The van der Waals surface area contributed by atoms with Crippen LogP contribution in [0.4, 0.5) is 0 Å². The van der Waals surface area contributed by atoms with Crippen molar-refractivity contribution in [1.29, 1.82) is 0 Å². The highest BCUT2D eigenvalue weighted by atomic mass is 32.2. The summed E-state index contributed by atoms with van der Waals surface area (Å²) in [6.07, 6.45) is 2.45. The summed E-state index contributed by atoms with van der Waals surface area (Å²) >= 11 is 1.16. The third-order valence-corrected chi connectivity index (χ3v) is 4.87. The Hall–Kier alpha value is -3.13. The van der Waals surface area contributed by atoms with Crippen molar-refractivity contribution in [2.45, 2.75) is 13.3 Å². The summed E-state index contributed by atoms with van der Waals surface area (Å²) in [6, 6.07) is 13.0. The zero-order valence-electron chi connectivity index (χ0n) is 16.9. The third kappa shape index (κ3) is 5.93. The van der Waals surface area contributed by atoms with E-state index in [2.05, 4.69) is 4.99 Å². The summed E-state index contributed by atoms with van der Waals surface area (Å²) in [6.45, 7) is 3.39. The number of rotatable bonds is 10. The molecular formula is C22H24N2O5S. The van der Waals surface area contributed by atoms with Crippen molar-refractivity contribution < 1.29 is 23.7 Å². The van der Waals surface area contributed by atoms with Crippen molar-refractivity contribution in [3.05, 3.63) is 52.9 Å². The molecule has 2 aromatic carbocycles. The second-order valence-electron chi connectivity index (χ2n) is 6.23. The van der Waals surface area contributed by atoms with E-state index < -0.39 is 0 Å². The number of nitrogens with two attached hydrogens (primary N) is 1. The zero-order valence-corrected chi connectivity index (χ0v) is 17.7. The van der Waals surface area contributed by atoms with Gasteiger partial charge in [-0.3, -0.25) is 4.79 Å². The van der Waals surface area contributed by atoms with E-state index in [0.29, 0.717) is 42.6 Å². The normalized spacial score (nSPS) is 14.5. The molecule has 0 saturated heterocycles. The van der Waals surface area contributed by atoms with Gasteiger partial charge in [-0.2, -0.15) is 4.99 Å². The maximum Gasteiger partial charge on any atom is 0.286 e. The number of carbonyl (C=O) groups is 1. The Bertz CT molecular complexity index is 958. The first-order valence-corrected chi connectivity index (χ1v) is 10.3. The molecule has 1 aliphatic rings. The molecule has 158 valence electrons. The lowest BCUT2D eigenvalue weighted by molar-refractivity contribution is -0.113. The minimum atomic E-state index is -0.327. The lowest BCUT2D eigenvalue weighted by Crippen LogP contribution is -2.06. The molecule has 30 heavy (non-hydrogen) atoms. The predicted molar refractivity (Wildman–Crippen MR) is 118 cm³/mol. The first-order chi connectivity index (χ1) is 14.6. The number of methoxy groups -OCH3 is 1. The van der Waals surface area contributed by atoms with E-state index in [1.54, 1.807) is 13.2 Å². The smallest absolute Gasteiger partial charge is 0.286 e. The minimum Gasteiger partial charge on any atom is -0.497 e. The van der Waals surface area contributed by atoms with Gasteiger partial charge in [0.15, 0.2) is 16.7 Å². The van der Waals surface area contributed by atoms with Gasteiger partial charge in [-0.1, -0.05) is 12.1 Å². The van der Waals surface area contributed by atoms with E-state index in [9.17, 15) is 4.79 Å². The lowest BCUT2D eigenvalue weighted by Gasteiger charge is -2.13. The van der Waals surface area contributed by atoms with E-state index in [4.69, 9.17) is 24.7 Å². The average Bonchev–Trinajstić information content (AvgIpc) is 3.06. The number of amidine groups is 1. The molecule has 1 amide bonds. The van der Waals surface area contributed by atoms with Crippen LogP contribution in [0, 0.1) is 0 Å². The van der Waals surface area contributed by atoms with Gasteiger partial charge in [-0.25, -0.2) is 0 Å². The number of thioether (sulfide) groups is 1. The molecule has 0 spiro atoms. The van der Waals surface area contributed by atoms with Gasteiger partial charge in [0.25, 0.3) is 5.91 Å². The summed E-state index contributed by atoms with van der Waals surface area (Å²) in [5.41, 5.74) is 6.41. The molecule has 1 aliphatic heterocycles. The average molecular weight is 429 g/mol. The van der Waals surface area contributed by atoms with Crippen LogP contribution >= 0.6 is 11.8 Å². The molecule has 0 saturated carbocycles. The molecule has 0 fully saturated rings. The second kappa shape index (κ2) is 10.6. The first-order valence-electron chi connectivity index (χ1n) is 9.53. The number of benzene rings is 2. The van der Waals surface area contributed by atoms with Gasteiger partial charge in [0, 0.05) is 12.5 Å². The fourth-order valence-corrected chi connectivity index (χ4v) is 3.38. The SMILES string of the molecule is CCOc1cc(/C=C2/SC(N)=NC2=O)ccc1OCCCOc1cccc(OC)c1. The molecule has 0 aromatic heterocycles. The monoisotopic (exact) mass is 428 g/mol. The van der Waals surface area contributed by atoms with E-state index in [0.717, 1.165) is 28.8 Å². The van der Waals surface area contributed by atoms with Crippen LogP contribution in [0.1, 0.15) is 18.9 Å². The van der Waals surface area contributed by atoms with Gasteiger partial charge in [0.2, 0.25) is 0 Å². The number of aliphatic imine (C=N–C) groups is 1. The largest absolute Gasteiger partial charge is 0.497 e. The molecule has 8 heteroatoms. The van der Waals surface area contributed by atoms with Crippen LogP contribution in [0.25, 0.3) is 6.08 Å². The van der Waals surface area contributed by atoms with Crippen molar-refractivity contribution in [2.24, 2.45) is 10.7 Å². The van der Waals surface area contributed by atoms with E-state index >= 15 is 0 Å². The Balaban J connectivity index is 1.55. The Morgan fingerprint density at radius 3 is 2.57 bits per heavy atom. The molecule has 0 unspecified atom stereocenters. The molecule has 2 N–H and O–H groups in total. The van der Waals surface area contributed by atoms with E-state index in [-0.39, 0.29) is 11.1 Å². The van der Waals surface area contributed by atoms with Crippen LogP contribution in [-0.4, -0.2) is 38.0 Å². The second-order valence-corrected chi connectivity index (χ2v) is 7.30. The highest BCUT2D eigenvalue weighted by Gasteiger charge is 2.19. The topological polar surface area (TPSA) is 92.4 Å². The Labute approximate surface area is 179 Å². The molecule has 1 heterocycles. The summed E-state index contributed by atoms with van der Waals surface area (Å²) in [5, 5.41) is 0.257. The van der Waals surface area contributed by atoms with Crippen molar-refractivity contribution >= 4 is 28.9 Å². The van der Waals surface area contributed by atoms with Crippen molar-refractivity contribution in [3.63, 3.8) is 0 Å². The van der Waals surface area contributed by atoms with Gasteiger partial charge in [0.05, 0.1) is 31.8 Å². The number of carbonyl (C=O) groups excluding carboxylic acids is 1. The highest BCUT2D eigenvalue weighted by molar-refractivity contribution is 8.18. The summed E-state index contributed by atoms with van der Waals surface area (Å²) in [5.74, 6) is 2.44. The standard InChI is InChI=1S/C22H24N2O5S/c1-3-27-19-12-15(13-20-21(25)24-22(23)30-20)8-9-18(19)29-11-5-10-28-17-7-4-6-16(14-17)26-2/h4,6-9,12-14H,3,5,10-11H2,1-2H3,(H2,23,24,25)/b20-13+. The Morgan fingerprint density at radius 2 is 1.83 bits per heavy atom. The zero-order chi connectivity index (χ0) is 21.3. The van der Waals surface area contributed by atoms with Crippen LogP contribution in [0.15, 0.2) is 52.4 Å². The van der Waals surface area contributed by atoms with Crippen LogP contribution in [0.5, 0.6) is 23.0 Å². The van der Waals surface area contributed by atoms with Gasteiger partial charge in [-0.15, -0.1) is 0 Å². The molecule has 0 aliphatic carbocycles. The highest BCUT2D eigenvalue weighted by Crippen LogP contribution is 2.32. The molecule has 0 atom stereocenters. The molecular weight excluding hydrogens is 404 g/mol. The van der Waals surface area contributed by atoms with Gasteiger partial charge in [0.1, 0.15) is 11.5 Å². The minimum absolute atomic E-state index is 0.257. The lowest BCUT2D eigenvalue weighted by atomic mass is 10.2. The Kier molecular flexibility index (Phi) is 7.62. The number of hydrogen-bond donors (Lipinski definition) is 1. The number of nitrogens with zero attached hydrogens (tertiary/aromatic N) is 1. The predicted octanol–water partition coefficient (Wildman–Crippen LogP) is 3.87. The van der Waals surface area contributed by atoms with Crippen LogP contribution in [0.2, 0.25) is 0 Å². The van der Waals surface area contributed by atoms with Gasteiger partial charge >= 0.3 is 0 Å². The molecule has 0 bridgehead atoms. The first kappa shape index (κ1) is 21.6. The fourth-order valence-electron chi connectivity index (χ4n) is 2.70. The summed E-state index contributed by atoms with van der Waals surface area (Å²) in [4.78, 5) is 16.0. The molecule has 0 radical (unpaired) electrons. The van der Waals surface area contributed by atoms with Crippen LogP contribution in [-0.2, 0) is 4.79 Å². The van der Waals surface area contributed by atoms with Crippen molar-refractivity contribution in [1.82, 2.24) is 0 Å². The maximum atomic E-state index is 11.8. The quantitative estimate of drug-likeness (QED) is 0.454. The number of amides is 1. The molecule has 2 aromatic rings. The molecule has 7 nitrogen and oxygen atoms in total. The van der Waals surface area contributed by atoms with Gasteiger partial charge < -0.3 is 24.7 Å². The summed E-state index contributed by atoms with van der Waals surface area (Å²) in [7, 11) is 1.62. The summed E-state index contributed by atoms with van der Waals surface area (Å²) < 4.78 is 22.5. The van der Waals surface area contributed by atoms with Gasteiger partial charge in [-0.05, 0) is 54.6 Å². The fraction of sp³-hybridized carbons (Fsp3) is 0.273. The van der Waals surface area contributed by atoms with Crippen molar-refractivity contribution in [2.75, 3.05) is 26.9 Å². The van der Waals surface area contributed by atoms with Crippen molar-refractivity contribution in [3.8, 4) is 23.0 Å². The maximum absolute atomic E-state index is 11.8. The number of ether oxygens (including phenoxy) is 4. The van der Waals surface area contributed by atoms with E-state index in [1.165, 1.54) is 0 Å². The van der Waals surface area contributed by atoms with E-state index in [1.807, 2.05) is 49.4 Å². The third-order valence-electron chi connectivity index (χ3n) is 4.06. The Morgan fingerprint density at radius 1 is 1.03 bits per heavy atom. The molecule has 3 rings (SSSR count). The van der Waals surface area contributed by atoms with Crippen LogP contribution in [0.3, 0.4) is 0 Å².